The Morgan fingerprint density at radius 3 is 2.94 bits per heavy atom. The fraction of sp³-hybridized carbons (Fsp3) is 0.467. The largest absolute Gasteiger partial charge is 0.345 e. The van der Waals surface area contributed by atoms with Crippen molar-refractivity contribution in [3.63, 3.8) is 0 Å². The minimum absolute atomic E-state index is 0.502. The standard InChI is InChI=1S/C15H19BrN2/c1-3-10-6-7-13-11(9-10)14(16)15(18(13)2)12-5-4-8-17-12/h6-7,9,12,17H,3-5,8H2,1-2H3. The van der Waals surface area contributed by atoms with Gasteiger partial charge in [0.2, 0.25) is 0 Å². The summed E-state index contributed by atoms with van der Waals surface area (Å²) in [4.78, 5) is 0. The van der Waals surface area contributed by atoms with Gasteiger partial charge in [0, 0.05) is 34.2 Å². The lowest BCUT2D eigenvalue weighted by molar-refractivity contribution is 0.601. The number of halogens is 1. The first-order valence-electron chi connectivity index (χ1n) is 6.72. The Morgan fingerprint density at radius 2 is 2.28 bits per heavy atom. The zero-order valence-corrected chi connectivity index (χ0v) is 12.5. The van der Waals surface area contributed by atoms with E-state index in [-0.39, 0.29) is 0 Å². The van der Waals surface area contributed by atoms with E-state index in [9.17, 15) is 0 Å². The fourth-order valence-electron chi connectivity index (χ4n) is 2.99. The Hall–Kier alpha value is -0.800. The van der Waals surface area contributed by atoms with Crippen molar-refractivity contribution < 1.29 is 0 Å². The van der Waals surface area contributed by atoms with Crippen molar-refractivity contribution in [1.82, 2.24) is 9.88 Å². The third kappa shape index (κ3) is 1.81. The average molecular weight is 307 g/mol. The van der Waals surface area contributed by atoms with Crippen molar-refractivity contribution in [3.8, 4) is 0 Å². The number of nitrogens with one attached hydrogen (secondary N) is 1. The molecule has 0 spiro atoms. The molecule has 1 aliphatic heterocycles. The molecule has 3 heteroatoms. The monoisotopic (exact) mass is 306 g/mol. The van der Waals surface area contributed by atoms with Gasteiger partial charge in [0.05, 0.1) is 0 Å². The Morgan fingerprint density at radius 1 is 1.44 bits per heavy atom. The molecule has 2 nitrogen and oxygen atoms in total. The predicted octanol–water partition coefficient (Wildman–Crippen LogP) is 3.93. The molecule has 0 bridgehead atoms. The van der Waals surface area contributed by atoms with Crippen molar-refractivity contribution in [2.24, 2.45) is 7.05 Å². The van der Waals surface area contributed by atoms with Crippen LogP contribution in [0.25, 0.3) is 10.9 Å². The van der Waals surface area contributed by atoms with Crippen LogP contribution in [0.5, 0.6) is 0 Å². The van der Waals surface area contributed by atoms with Crippen LogP contribution in [0.4, 0.5) is 0 Å². The highest BCUT2D eigenvalue weighted by Gasteiger charge is 2.24. The minimum Gasteiger partial charge on any atom is -0.345 e. The van der Waals surface area contributed by atoms with Gasteiger partial charge < -0.3 is 9.88 Å². The lowest BCUT2D eigenvalue weighted by atomic mass is 10.1. The normalized spacial score (nSPS) is 19.8. The third-order valence-electron chi connectivity index (χ3n) is 4.04. The quantitative estimate of drug-likeness (QED) is 0.889. The molecule has 0 radical (unpaired) electrons. The molecule has 1 saturated heterocycles. The maximum Gasteiger partial charge on any atom is 0.0499 e. The Balaban J connectivity index is 2.20. The van der Waals surface area contributed by atoms with E-state index < -0.39 is 0 Å². The van der Waals surface area contributed by atoms with Crippen LogP contribution in [0, 0.1) is 0 Å². The summed E-state index contributed by atoms with van der Waals surface area (Å²) in [5, 5.41) is 4.94. The van der Waals surface area contributed by atoms with Crippen LogP contribution >= 0.6 is 15.9 Å². The summed E-state index contributed by atoms with van der Waals surface area (Å²) >= 11 is 3.82. The number of benzene rings is 1. The van der Waals surface area contributed by atoms with E-state index in [1.54, 1.807) is 0 Å². The van der Waals surface area contributed by atoms with Crippen LogP contribution in [-0.4, -0.2) is 11.1 Å². The average Bonchev–Trinajstić information content (AvgIpc) is 2.98. The maximum absolute atomic E-state index is 3.82. The summed E-state index contributed by atoms with van der Waals surface area (Å²) in [5.41, 5.74) is 4.12. The van der Waals surface area contributed by atoms with Crippen LogP contribution in [-0.2, 0) is 13.5 Å². The van der Waals surface area contributed by atoms with Crippen LogP contribution in [0.2, 0.25) is 0 Å². The topological polar surface area (TPSA) is 17.0 Å². The molecule has 1 aromatic heterocycles. The molecule has 2 heterocycles. The van der Waals surface area contributed by atoms with Gasteiger partial charge in [0.1, 0.15) is 0 Å². The number of rotatable bonds is 2. The molecule has 1 fully saturated rings. The molecule has 96 valence electrons. The number of aryl methyl sites for hydroxylation is 2. The van der Waals surface area contributed by atoms with Gasteiger partial charge in [-0.15, -0.1) is 0 Å². The van der Waals surface area contributed by atoms with E-state index in [0.717, 1.165) is 13.0 Å². The molecule has 1 aliphatic rings. The lowest BCUT2D eigenvalue weighted by Crippen LogP contribution is -2.16. The van der Waals surface area contributed by atoms with Crippen molar-refractivity contribution in [2.45, 2.75) is 32.2 Å². The molecular formula is C15H19BrN2. The summed E-state index contributed by atoms with van der Waals surface area (Å²) in [6, 6.07) is 7.30. The van der Waals surface area contributed by atoms with Crippen LogP contribution in [0.3, 0.4) is 0 Å². The zero-order chi connectivity index (χ0) is 12.7. The predicted molar refractivity (Wildman–Crippen MR) is 80.0 cm³/mol. The molecule has 2 aromatic rings. The number of hydrogen-bond donors (Lipinski definition) is 1. The molecule has 1 unspecified atom stereocenters. The van der Waals surface area contributed by atoms with Crippen molar-refractivity contribution in [3.05, 3.63) is 33.9 Å². The molecule has 0 saturated carbocycles. The summed E-state index contributed by atoms with van der Waals surface area (Å²) in [7, 11) is 2.17. The lowest BCUT2D eigenvalue weighted by Gasteiger charge is -2.12. The van der Waals surface area contributed by atoms with Gasteiger partial charge in [-0.2, -0.15) is 0 Å². The van der Waals surface area contributed by atoms with Crippen LogP contribution in [0.1, 0.15) is 37.1 Å². The summed E-state index contributed by atoms with van der Waals surface area (Å²) in [6.07, 6.45) is 3.61. The summed E-state index contributed by atoms with van der Waals surface area (Å²) < 4.78 is 3.61. The van der Waals surface area contributed by atoms with Crippen LogP contribution in [0.15, 0.2) is 22.7 Å². The first-order chi connectivity index (χ1) is 8.72. The van der Waals surface area contributed by atoms with E-state index in [2.05, 4.69) is 58.0 Å². The Labute approximate surface area is 116 Å². The van der Waals surface area contributed by atoms with E-state index in [1.165, 1.54) is 39.5 Å². The molecule has 0 aliphatic carbocycles. The van der Waals surface area contributed by atoms with E-state index in [4.69, 9.17) is 0 Å². The van der Waals surface area contributed by atoms with Crippen molar-refractivity contribution in [2.75, 3.05) is 6.54 Å². The molecule has 0 amide bonds. The highest BCUT2D eigenvalue weighted by atomic mass is 79.9. The minimum atomic E-state index is 0.502. The molecular weight excluding hydrogens is 288 g/mol. The van der Waals surface area contributed by atoms with Crippen molar-refractivity contribution >= 4 is 26.8 Å². The summed E-state index contributed by atoms with van der Waals surface area (Å²) in [6.45, 7) is 3.34. The molecule has 1 atom stereocenters. The van der Waals surface area contributed by atoms with E-state index >= 15 is 0 Å². The van der Waals surface area contributed by atoms with Crippen LogP contribution < -0.4 is 5.32 Å². The first-order valence-corrected chi connectivity index (χ1v) is 7.51. The maximum atomic E-state index is 3.82. The van der Waals surface area contributed by atoms with Gasteiger partial charge in [-0.25, -0.2) is 0 Å². The zero-order valence-electron chi connectivity index (χ0n) is 11.0. The fourth-order valence-corrected chi connectivity index (χ4v) is 3.85. The molecule has 3 rings (SSSR count). The van der Waals surface area contributed by atoms with Gasteiger partial charge >= 0.3 is 0 Å². The Kier molecular flexibility index (Phi) is 3.20. The Bertz CT molecular complexity index is 580. The number of fused-ring (bicyclic) bond motifs is 1. The van der Waals surface area contributed by atoms with Gasteiger partial charge in [-0.3, -0.25) is 0 Å². The van der Waals surface area contributed by atoms with Gasteiger partial charge in [-0.1, -0.05) is 13.0 Å². The molecule has 1 N–H and O–H groups in total. The highest BCUT2D eigenvalue weighted by Crippen LogP contribution is 2.37. The highest BCUT2D eigenvalue weighted by molar-refractivity contribution is 9.10. The van der Waals surface area contributed by atoms with E-state index in [1.807, 2.05) is 0 Å². The number of aromatic nitrogens is 1. The number of hydrogen-bond acceptors (Lipinski definition) is 1. The summed E-state index contributed by atoms with van der Waals surface area (Å²) in [5.74, 6) is 0. The first kappa shape index (κ1) is 12.2. The second-order valence-electron chi connectivity index (χ2n) is 5.11. The second kappa shape index (κ2) is 4.71. The number of nitrogens with zero attached hydrogens (tertiary/aromatic N) is 1. The SMILES string of the molecule is CCc1ccc2c(c1)c(Br)c(C1CCCN1)n2C. The molecule has 1 aromatic carbocycles. The van der Waals surface area contributed by atoms with Gasteiger partial charge in [0.25, 0.3) is 0 Å². The molecule has 18 heavy (non-hydrogen) atoms. The van der Waals surface area contributed by atoms with Gasteiger partial charge in [-0.05, 0) is 59.4 Å². The van der Waals surface area contributed by atoms with Crippen molar-refractivity contribution in [1.29, 1.82) is 0 Å². The smallest absolute Gasteiger partial charge is 0.0499 e. The second-order valence-corrected chi connectivity index (χ2v) is 5.91. The van der Waals surface area contributed by atoms with Gasteiger partial charge in [0.15, 0.2) is 0 Å². The third-order valence-corrected chi connectivity index (χ3v) is 4.88. The van der Waals surface area contributed by atoms with E-state index in [0.29, 0.717) is 6.04 Å².